The van der Waals surface area contributed by atoms with Gasteiger partial charge in [-0.05, 0) is 17.2 Å². The van der Waals surface area contributed by atoms with Crippen molar-refractivity contribution >= 4 is 10.0 Å². The van der Waals surface area contributed by atoms with Crippen molar-refractivity contribution in [3.05, 3.63) is 54.1 Å². The molecule has 0 atom stereocenters. The van der Waals surface area contributed by atoms with Gasteiger partial charge in [-0.1, -0.05) is 42.5 Å². The minimum atomic E-state index is -3.74. The number of benzene rings is 2. The first-order chi connectivity index (χ1) is 10.0. The summed E-state index contributed by atoms with van der Waals surface area (Å²) in [4.78, 5) is 0.138. The second-order valence-corrected chi connectivity index (χ2v) is 6.23. The number of nitrogens with one attached hydrogen (secondary N) is 1. The fourth-order valence-corrected chi connectivity index (χ4v) is 2.85. The lowest BCUT2D eigenvalue weighted by Gasteiger charge is -2.09. The van der Waals surface area contributed by atoms with E-state index in [4.69, 9.17) is 10.9 Å². The average Bonchev–Trinajstić information content (AvgIpc) is 2.47. The predicted octanol–water partition coefficient (Wildman–Crippen LogP) is 1.05. The first-order valence-corrected chi connectivity index (χ1v) is 8.19. The summed E-state index contributed by atoms with van der Waals surface area (Å²) >= 11 is 0. The van der Waals surface area contributed by atoms with Gasteiger partial charge in [0.05, 0.1) is 4.90 Å². The molecule has 112 valence electrons. The van der Waals surface area contributed by atoms with Gasteiger partial charge in [-0.2, -0.15) is 0 Å². The van der Waals surface area contributed by atoms with Gasteiger partial charge in [0, 0.05) is 25.2 Å². The van der Waals surface area contributed by atoms with Crippen molar-refractivity contribution in [2.24, 2.45) is 10.9 Å². The Kier molecular flexibility index (Phi) is 5.08. The van der Waals surface area contributed by atoms with Crippen LogP contribution >= 0.6 is 0 Å². The van der Waals surface area contributed by atoms with Crippen LogP contribution in [0.25, 0.3) is 11.1 Å². The summed E-state index contributed by atoms with van der Waals surface area (Å²) in [5.41, 5.74) is 7.96. The lowest BCUT2D eigenvalue weighted by molar-refractivity contribution is 0.598. The molecule has 0 unspecified atom stereocenters. The van der Waals surface area contributed by atoms with Crippen LogP contribution in [-0.2, 0) is 16.6 Å². The molecule has 0 heterocycles. The van der Waals surface area contributed by atoms with Crippen LogP contribution in [0.1, 0.15) is 5.56 Å². The van der Waals surface area contributed by atoms with Gasteiger partial charge < -0.3 is 11.1 Å². The maximum Gasteiger partial charge on any atom is 0.238 e. The Morgan fingerprint density at radius 1 is 1.00 bits per heavy atom. The summed E-state index contributed by atoms with van der Waals surface area (Å²) in [6, 6.07) is 14.4. The second-order valence-electron chi connectivity index (χ2n) is 4.70. The number of hydrogen-bond acceptors (Lipinski definition) is 4. The zero-order chi connectivity index (χ0) is 15.3. The molecule has 2 aromatic carbocycles. The minimum absolute atomic E-state index is 0.138. The van der Waals surface area contributed by atoms with Crippen LogP contribution in [0.2, 0.25) is 0 Å². The molecule has 5 nitrogen and oxygen atoms in total. The van der Waals surface area contributed by atoms with Crippen molar-refractivity contribution in [3.63, 3.8) is 0 Å². The van der Waals surface area contributed by atoms with E-state index in [-0.39, 0.29) is 4.90 Å². The van der Waals surface area contributed by atoms with E-state index in [1.54, 1.807) is 18.2 Å². The Bertz CT molecular complexity index is 697. The fraction of sp³-hybridized carbons (Fsp3) is 0.200. The Morgan fingerprint density at radius 2 is 1.67 bits per heavy atom. The molecule has 5 N–H and O–H groups in total. The van der Waals surface area contributed by atoms with Gasteiger partial charge in [-0.15, -0.1) is 0 Å². The van der Waals surface area contributed by atoms with E-state index in [2.05, 4.69) is 5.32 Å². The molecule has 6 heteroatoms. The largest absolute Gasteiger partial charge is 0.329 e. The topological polar surface area (TPSA) is 98.2 Å². The summed E-state index contributed by atoms with van der Waals surface area (Å²) in [6.07, 6.45) is 0. The number of primary sulfonamides is 1. The molecule has 0 radical (unpaired) electrons. The van der Waals surface area contributed by atoms with Crippen LogP contribution in [0.5, 0.6) is 0 Å². The molecule has 0 aliphatic heterocycles. The molecule has 0 fully saturated rings. The van der Waals surface area contributed by atoms with Gasteiger partial charge in [0.1, 0.15) is 0 Å². The molecular weight excluding hydrogens is 286 g/mol. The highest BCUT2D eigenvalue weighted by atomic mass is 32.2. The first-order valence-electron chi connectivity index (χ1n) is 6.64. The monoisotopic (exact) mass is 305 g/mol. The van der Waals surface area contributed by atoms with Gasteiger partial charge in [0.2, 0.25) is 10.0 Å². The van der Waals surface area contributed by atoms with Crippen molar-refractivity contribution in [2.75, 3.05) is 13.1 Å². The van der Waals surface area contributed by atoms with E-state index >= 15 is 0 Å². The van der Waals surface area contributed by atoms with E-state index < -0.39 is 10.0 Å². The average molecular weight is 305 g/mol. The molecule has 2 rings (SSSR count). The third kappa shape index (κ3) is 4.12. The van der Waals surface area contributed by atoms with E-state index in [1.807, 2.05) is 24.3 Å². The van der Waals surface area contributed by atoms with Gasteiger partial charge in [0.25, 0.3) is 0 Å². The molecule has 21 heavy (non-hydrogen) atoms. The lowest BCUT2D eigenvalue weighted by atomic mass is 10.0. The van der Waals surface area contributed by atoms with Crippen LogP contribution in [0.3, 0.4) is 0 Å². The maximum atomic E-state index is 11.6. The summed E-state index contributed by atoms with van der Waals surface area (Å²) in [5, 5.41) is 8.46. The van der Waals surface area contributed by atoms with Gasteiger partial charge in [-0.3, -0.25) is 0 Å². The lowest BCUT2D eigenvalue weighted by Crippen LogP contribution is -2.21. The fourth-order valence-electron chi connectivity index (χ4n) is 2.09. The van der Waals surface area contributed by atoms with Crippen LogP contribution in [-0.4, -0.2) is 21.5 Å². The molecule has 0 aliphatic rings. The van der Waals surface area contributed by atoms with E-state index in [1.165, 1.54) is 6.07 Å². The van der Waals surface area contributed by atoms with Crippen molar-refractivity contribution in [2.45, 2.75) is 11.4 Å². The summed E-state index contributed by atoms with van der Waals surface area (Å²) < 4.78 is 23.2. The van der Waals surface area contributed by atoms with Gasteiger partial charge >= 0.3 is 0 Å². The summed E-state index contributed by atoms with van der Waals surface area (Å²) in [7, 11) is -3.74. The Labute approximate surface area is 125 Å². The quantitative estimate of drug-likeness (QED) is 0.695. The predicted molar refractivity (Wildman–Crippen MR) is 84.0 cm³/mol. The van der Waals surface area contributed by atoms with Crippen LogP contribution in [0.4, 0.5) is 0 Å². The molecular formula is C15H19N3O2S. The number of hydrogen-bond donors (Lipinski definition) is 3. The highest BCUT2D eigenvalue weighted by Crippen LogP contribution is 2.26. The minimum Gasteiger partial charge on any atom is -0.329 e. The van der Waals surface area contributed by atoms with Crippen LogP contribution in [0, 0.1) is 0 Å². The Balaban J connectivity index is 2.27. The Hall–Kier alpha value is -1.73. The Morgan fingerprint density at radius 3 is 2.29 bits per heavy atom. The highest BCUT2D eigenvalue weighted by Gasteiger charge is 2.14. The van der Waals surface area contributed by atoms with Crippen molar-refractivity contribution in [1.82, 2.24) is 5.32 Å². The molecule has 0 aliphatic carbocycles. The normalized spacial score (nSPS) is 11.5. The third-order valence-corrected chi connectivity index (χ3v) is 4.08. The SMILES string of the molecule is NCCNCc1ccc(-c2ccccc2S(N)(=O)=O)cc1. The molecule has 0 spiro atoms. The standard InChI is InChI=1S/C15H19N3O2S/c16-9-10-18-11-12-5-7-13(8-6-12)14-3-1-2-4-15(14)21(17,19)20/h1-8,18H,9-11,16H2,(H2,17,19,20). The zero-order valence-electron chi connectivity index (χ0n) is 11.6. The highest BCUT2D eigenvalue weighted by molar-refractivity contribution is 7.89. The molecule has 0 saturated heterocycles. The number of sulfonamides is 1. The molecule has 0 saturated carbocycles. The van der Waals surface area contributed by atoms with Gasteiger partial charge in [0.15, 0.2) is 0 Å². The maximum absolute atomic E-state index is 11.6. The van der Waals surface area contributed by atoms with Crippen molar-refractivity contribution in [3.8, 4) is 11.1 Å². The molecule has 0 bridgehead atoms. The summed E-state index contributed by atoms with van der Waals surface area (Å²) in [5.74, 6) is 0. The van der Waals surface area contributed by atoms with Crippen molar-refractivity contribution < 1.29 is 8.42 Å². The van der Waals surface area contributed by atoms with Crippen LogP contribution < -0.4 is 16.2 Å². The smallest absolute Gasteiger partial charge is 0.238 e. The zero-order valence-corrected chi connectivity index (χ0v) is 12.4. The number of rotatable bonds is 6. The molecule has 0 amide bonds. The summed E-state index contributed by atoms with van der Waals surface area (Å²) in [6.45, 7) is 2.09. The molecule has 0 aromatic heterocycles. The second kappa shape index (κ2) is 6.82. The van der Waals surface area contributed by atoms with Gasteiger partial charge in [-0.25, -0.2) is 13.6 Å². The van der Waals surface area contributed by atoms with E-state index in [9.17, 15) is 8.42 Å². The van der Waals surface area contributed by atoms with Crippen LogP contribution in [0.15, 0.2) is 53.4 Å². The number of nitrogens with two attached hydrogens (primary N) is 2. The van der Waals surface area contributed by atoms with Crippen molar-refractivity contribution in [1.29, 1.82) is 0 Å². The third-order valence-electron chi connectivity index (χ3n) is 3.11. The van der Waals surface area contributed by atoms with E-state index in [0.29, 0.717) is 12.1 Å². The first kappa shape index (κ1) is 15.7. The van der Waals surface area contributed by atoms with E-state index in [0.717, 1.165) is 24.2 Å². The molecule has 2 aromatic rings.